The number of carbonyl (C=O) groups is 1. The molecule has 1 aliphatic heterocycles. The molecular formula is C26H28N6O6S3. The van der Waals surface area contributed by atoms with Crippen LogP contribution < -0.4 is 15.4 Å². The number of hydrogen-bond donors (Lipinski definition) is 2. The lowest BCUT2D eigenvalue weighted by molar-refractivity contribution is -0.110. The molecule has 41 heavy (non-hydrogen) atoms. The van der Waals surface area contributed by atoms with E-state index in [0.717, 1.165) is 19.5 Å². The highest BCUT2D eigenvalue weighted by Crippen LogP contribution is 2.27. The van der Waals surface area contributed by atoms with E-state index in [1.165, 1.54) is 54.0 Å². The summed E-state index contributed by atoms with van der Waals surface area (Å²) < 4.78 is 36.2. The van der Waals surface area contributed by atoms with E-state index in [1.54, 1.807) is 18.3 Å². The molecular weight excluding hydrogens is 589 g/mol. The molecule has 1 aromatic carbocycles. The Morgan fingerprint density at radius 3 is 2.78 bits per heavy atom. The molecule has 5 rings (SSSR count). The molecule has 3 aromatic heterocycles. The molecule has 1 fully saturated rings. The van der Waals surface area contributed by atoms with Crippen molar-refractivity contribution in [2.75, 3.05) is 37.9 Å². The van der Waals surface area contributed by atoms with Gasteiger partial charge < -0.3 is 19.6 Å². The Hall–Kier alpha value is -3.50. The second-order valence-electron chi connectivity index (χ2n) is 9.01. The van der Waals surface area contributed by atoms with E-state index in [0.29, 0.717) is 45.0 Å². The zero-order valence-electron chi connectivity index (χ0n) is 22.1. The first-order valence-corrected chi connectivity index (χ1v) is 16.1. The Labute approximate surface area is 244 Å². The Balaban J connectivity index is 1.34. The molecule has 12 nitrogen and oxygen atoms in total. The number of nitrogens with one attached hydrogen (secondary N) is 2. The summed E-state index contributed by atoms with van der Waals surface area (Å²) in [4.78, 5) is 32.7. The van der Waals surface area contributed by atoms with Crippen LogP contribution in [0.15, 0.2) is 58.0 Å². The third-order valence-electron chi connectivity index (χ3n) is 6.04. The van der Waals surface area contributed by atoms with Gasteiger partial charge in [0.2, 0.25) is 5.88 Å². The van der Waals surface area contributed by atoms with E-state index in [-0.39, 0.29) is 29.1 Å². The minimum Gasteiger partial charge on any atom is -0.473 e. The summed E-state index contributed by atoms with van der Waals surface area (Å²) in [7, 11) is -1.98. The maximum atomic E-state index is 13.4. The van der Waals surface area contributed by atoms with Crippen LogP contribution >= 0.6 is 22.7 Å². The molecule has 1 atom stereocenters. The zero-order valence-corrected chi connectivity index (χ0v) is 24.6. The standard InChI is InChI=1S/C26H28N6O6S3/c1-36-12-2-14-41(34,35)19-5-3-17(4-6-19)23(32-37-16-22-28-11-13-39-22)24(33)31-26-29-20-7-8-21(30-25(20)40-26)38-18-9-10-27-15-18/h3-8,11,13,18,27H,2,9-10,12,14-16H2,1H3,(H,29,31,33)/t18-/m0/s1. The zero-order chi connectivity index (χ0) is 28.7. The molecule has 0 aliphatic carbocycles. The van der Waals surface area contributed by atoms with E-state index in [2.05, 4.69) is 30.7 Å². The molecule has 216 valence electrons. The predicted molar refractivity (Wildman–Crippen MR) is 156 cm³/mol. The molecule has 15 heteroatoms. The molecule has 1 saturated heterocycles. The lowest BCUT2D eigenvalue weighted by Gasteiger charge is -2.10. The minimum absolute atomic E-state index is 0.0464. The van der Waals surface area contributed by atoms with Crippen LogP contribution in [0.25, 0.3) is 10.3 Å². The number of oxime groups is 1. The van der Waals surface area contributed by atoms with E-state index in [1.807, 2.05) is 5.38 Å². The number of carbonyl (C=O) groups excluding carboxylic acids is 1. The second-order valence-corrected chi connectivity index (χ2v) is 13.1. The summed E-state index contributed by atoms with van der Waals surface area (Å²) in [6.07, 6.45) is 3.01. The monoisotopic (exact) mass is 616 g/mol. The molecule has 2 N–H and O–H groups in total. The number of hydrogen-bond acceptors (Lipinski definition) is 13. The van der Waals surface area contributed by atoms with E-state index in [4.69, 9.17) is 14.3 Å². The second kappa shape index (κ2) is 13.4. The van der Waals surface area contributed by atoms with Crippen molar-refractivity contribution in [3.8, 4) is 5.88 Å². The number of sulfone groups is 1. The third-order valence-corrected chi connectivity index (χ3v) is 9.49. The van der Waals surface area contributed by atoms with E-state index < -0.39 is 15.7 Å². The van der Waals surface area contributed by atoms with Crippen molar-refractivity contribution in [2.24, 2.45) is 5.16 Å². The Kier molecular flexibility index (Phi) is 9.51. The number of aromatic nitrogens is 3. The van der Waals surface area contributed by atoms with Crippen molar-refractivity contribution < 1.29 is 27.5 Å². The van der Waals surface area contributed by atoms with Gasteiger partial charge in [-0.3, -0.25) is 10.1 Å². The summed E-state index contributed by atoms with van der Waals surface area (Å²) in [5.74, 6) is -0.121. The van der Waals surface area contributed by atoms with Gasteiger partial charge in [-0.1, -0.05) is 28.6 Å². The first kappa shape index (κ1) is 29.0. The van der Waals surface area contributed by atoms with Gasteiger partial charge in [0.15, 0.2) is 27.3 Å². The highest BCUT2D eigenvalue weighted by molar-refractivity contribution is 7.91. The maximum absolute atomic E-state index is 13.4. The van der Waals surface area contributed by atoms with Crippen molar-refractivity contribution in [3.05, 3.63) is 58.5 Å². The molecule has 0 bridgehead atoms. The lowest BCUT2D eigenvalue weighted by atomic mass is 10.1. The van der Waals surface area contributed by atoms with Gasteiger partial charge in [-0.15, -0.1) is 11.3 Å². The number of thiazole rings is 2. The minimum atomic E-state index is -3.50. The topological polar surface area (TPSA) is 154 Å². The van der Waals surface area contributed by atoms with Crippen LogP contribution in [-0.2, 0) is 30.8 Å². The number of benzene rings is 1. The first-order valence-electron chi connectivity index (χ1n) is 12.8. The molecule has 0 unspecified atom stereocenters. The summed E-state index contributed by atoms with van der Waals surface area (Å²) >= 11 is 2.60. The number of anilines is 1. The Bertz CT molecular complexity index is 1600. The lowest BCUT2D eigenvalue weighted by Crippen LogP contribution is -2.24. The largest absolute Gasteiger partial charge is 0.473 e. The quantitative estimate of drug-likeness (QED) is 0.130. The van der Waals surface area contributed by atoms with Gasteiger partial charge in [-0.25, -0.2) is 23.4 Å². The number of rotatable bonds is 13. The SMILES string of the molecule is COCCCS(=O)(=O)c1ccc(C(=NOCc2nccs2)C(=O)Nc2nc3ccc(O[C@H]4CCNC4)nc3s2)cc1. The van der Waals surface area contributed by atoms with Crippen LogP contribution in [0.3, 0.4) is 0 Å². The van der Waals surface area contributed by atoms with Crippen molar-refractivity contribution >= 4 is 59.6 Å². The number of amides is 1. The highest BCUT2D eigenvalue weighted by atomic mass is 32.2. The number of pyridine rings is 1. The van der Waals surface area contributed by atoms with Gasteiger partial charge in [-0.2, -0.15) is 0 Å². The van der Waals surface area contributed by atoms with Gasteiger partial charge in [-0.05, 0) is 37.6 Å². The van der Waals surface area contributed by atoms with Crippen molar-refractivity contribution in [3.63, 3.8) is 0 Å². The van der Waals surface area contributed by atoms with Crippen molar-refractivity contribution in [1.82, 2.24) is 20.3 Å². The molecule has 0 spiro atoms. The molecule has 4 heterocycles. The van der Waals surface area contributed by atoms with Crippen LogP contribution in [0.1, 0.15) is 23.4 Å². The van der Waals surface area contributed by atoms with Crippen molar-refractivity contribution in [1.29, 1.82) is 0 Å². The number of ether oxygens (including phenoxy) is 2. The smallest absolute Gasteiger partial charge is 0.280 e. The first-order chi connectivity index (χ1) is 19.9. The van der Waals surface area contributed by atoms with Crippen LogP contribution in [0, 0.1) is 0 Å². The summed E-state index contributed by atoms with van der Waals surface area (Å²) in [6, 6.07) is 9.50. The third kappa shape index (κ3) is 7.62. The molecule has 0 saturated carbocycles. The van der Waals surface area contributed by atoms with Gasteiger partial charge in [0.25, 0.3) is 5.91 Å². The molecule has 4 aromatic rings. The molecule has 1 amide bonds. The normalized spacial score (nSPS) is 15.7. The van der Waals surface area contributed by atoms with Gasteiger partial charge >= 0.3 is 0 Å². The maximum Gasteiger partial charge on any atom is 0.280 e. The average Bonchev–Trinajstić information content (AvgIpc) is 3.74. The summed E-state index contributed by atoms with van der Waals surface area (Å²) in [5, 5.41) is 12.9. The van der Waals surface area contributed by atoms with Gasteiger partial charge in [0, 0.05) is 43.5 Å². The number of methoxy groups -OCH3 is 1. The van der Waals surface area contributed by atoms with Crippen molar-refractivity contribution in [2.45, 2.75) is 30.4 Å². The van der Waals surface area contributed by atoms with Crippen LogP contribution in [0.5, 0.6) is 5.88 Å². The number of fused-ring (bicyclic) bond motifs is 1. The van der Waals surface area contributed by atoms with Gasteiger partial charge in [0.05, 0.1) is 10.6 Å². The van der Waals surface area contributed by atoms with E-state index in [9.17, 15) is 13.2 Å². The number of nitrogens with zero attached hydrogens (tertiary/aromatic N) is 4. The summed E-state index contributed by atoms with van der Waals surface area (Å²) in [5.41, 5.74) is 0.941. The predicted octanol–water partition coefficient (Wildman–Crippen LogP) is 3.26. The fourth-order valence-electron chi connectivity index (χ4n) is 4.01. The van der Waals surface area contributed by atoms with E-state index >= 15 is 0 Å². The average molecular weight is 617 g/mol. The van der Waals surface area contributed by atoms with Gasteiger partial charge in [0.1, 0.15) is 21.5 Å². The molecule has 0 radical (unpaired) electrons. The Morgan fingerprint density at radius 2 is 2.05 bits per heavy atom. The highest BCUT2D eigenvalue weighted by Gasteiger charge is 2.21. The summed E-state index contributed by atoms with van der Waals surface area (Å²) in [6.45, 7) is 2.11. The van der Waals surface area contributed by atoms with Crippen LogP contribution in [-0.4, -0.2) is 73.7 Å². The fraction of sp³-hybridized carbons (Fsp3) is 0.346. The fourth-order valence-corrected chi connectivity index (χ4v) is 6.64. The van der Waals surface area contributed by atoms with Crippen LogP contribution in [0.4, 0.5) is 5.13 Å². The Morgan fingerprint density at radius 1 is 1.20 bits per heavy atom. The molecule has 1 aliphatic rings. The van der Waals surface area contributed by atoms with Crippen LogP contribution in [0.2, 0.25) is 0 Å².